The van der Waals surface area contributed by atoms with E-state index in [1.807, 2.05) is 7.05 Å². The van der Waals surface area contributed by atoms with Crippen molar-refractivity contribution in [2.75, 3.05) is 20.1 Å². The van der Waals surface area contributed by atoms with Gasteiger partial charge in [0.15, 0.2) is 0 Å². The molecule has 1 aliphatic rings. The van der Waals surface area contributed by atoms with Gasteiger partial charge in [-0.25, -0.2) is 17.5 Å². The van der Waals surface area contributed by atoms with Crippen LogP contribution in [0.5, 0.6) is 0 Å². The molecule has 1 aliphatic heterocycles. The number of hydrogen-bond donors (Lipinski definition) is 1. The third kappa shape index (κ3) is 3.75. The summed E-state index contributed by atoms with van der Waals surface area (Å²) in [5, 5.41) is 0. The van der Waals surface area contributed by atoms with E-state index in [-0.39, 0.29) is 10.9 Å². The molecule has 0 aliphatic carbocycles. The van der Waals surface area contributed by atoms with E-state index in [0.29, 0.717) is 6.54 Å². The Kier molecular flexibility index (Phi) is 4.54. The Balaban J connectivity index is 1.99. The van der Waals surface area contributed by atoms with Crippen LogP contribution < -0.4 is 4.72 Å². The maximum absolute atomic E-state index is 12.8. The van der Waals surface area contributed by atoms with Gasteiger partial charge in [0.1, 0.15) is 5.82 Å². The SMILES string of the molecule is CN1CCCCC1CNS(=O)(=O)c1ccc(F)cc1. The fourth-order valence-electron chi connectivity index (χ4n) is 2.31. The molecule has 0 spiro atoms. The van der Waals surface area contributed by atoms with Gasteiger partial charge in [-0.05, 0) is 50.7 Å². The molecule has 1 aromatic rings. The molecule has 6 heteroatoms. The number of sulfonamides is 1. The van der Waals surface area contributed by atoms with E-state index in [9.17, 15) is 12.8 Å². The minimum atomic E-state index is -3.54. The lowest BCUT2D eigenvalue weighted by Gasteiger charge is -2.32. The maximum Gasteiger partial charge on any atom is 0.240 e. The predicted molar refractivity (Wildman–Crippen MR) is 71.9 cm³/mol. The van der Waals surface area contributed by atoms with Crippen molar-refractivity contribution in [3.05, 3.63) is 30.1 Å². The van der Waals surface area contributed by atoms with Gasteiger partial charge in [0.05, 0.1) is 4.90 Å². The highest BCUT2D eigenvalue weighted by molar-refractivity contribution is 7.89. The lowest BCUT2D eigenvalue weighted by molar-refractivity contribution is 0.187. The minimum absolute atomic E-state index is 0.104. The Morgan fingerprint density at radius 2 is 2.00 bits per heavy atom. The number of hydrogen-bond acceptors (Lipinski definition) is 3. The summed E-state index contributed by atoms with van der Waals surface area (Å²) in [5.41, 5.74) is 0. The Labute approximate surface area is 113 Å². The second-order valence-electron chi connectivity index (χ2n) is 4.94. The van der Waals surface area contributed by atoms with Crippen molar-refractivity contribution in [2.45, 2.75) is 30.2 Å². The van der Waals surface area contributed by atoms with Crippen LogP contribution in [0.15, 0.2) is 29.2 Å². The third-order valence-corrected chi connectivity index (χ3v) is 4.99. The number of likely N-dealkylation sites (N-methyl/N-ethyl adjacent to an activating group) is 1. The van der Waals surface area contributed by atoms with Crippen molar-refractivity contribution in [2.24, 2.45) is 0 Å². The molecule has 1 aromatic carbocycles. The predicted octanol–water partition coefficient (Wildman–Crippen LogP) is 1.59. The Bertz CT molecular complexity index is 516. The molecule has 19 heavy (non-hydrogen) atoms. The second-order valence-corrected chi connectivity index (χ2v) is 6.70. The van der Waals surface area contributed by atoms with E-state index < -0.39 is 15.8 Å². The number of halogens is 1. The minimum Gasteiger partial charge on any atom is -0.302 e. The second kappa shape index (κ2) is 5.98. The van der Waals surface area contributed by atoms with Crippen molar-refractivity contribution < 1.29 is 12.8 Å². The van der Waals surface area contributed by atoms with Gasteiger partial charge in [-0.2, -0.15) is 0 Å². The number of nitrogens with zero attached hydrogens (tertiary/aromatic N) is 1. The highest BCUT2D eigenvalue weighted by Crippen LogP contribution is 2.15. The number of likely N-dealkylation sites (tertiary alicyclic amines) is 1. The molecule has 1 N–H and O–H groups in total. The first-order valence-electron chi connectivity index (χ1n) is 6.44. The third-order valence-electron chi connectivity index (χ3n) is 3.55. The zero-order valence-corrected chi connectivity index (χ0v) is 11.8. The van der Waals surface area contributed by atoms with Crippen LogP contribution in [0.2, 0.25) is 0 Å². The van der Waals surface area contributed by atoms with Crippen LogP contribution in [0, 0.1) is 5.82 Å². The van der Waals surface area contributed by atoms with Gasteiger partial charge in [0.2, 0.25) is 10.0 Å². The van der Waals surface area contributed by atoms with E-state index in [1.54, 1.807) is 0 Å². The van der Waals surface area contributed by atoms with E-state index in [4.69, 9.17) is 0 Å². The van der Waals surface area contributed by atoms with Gasteiger partial charge in [-0.1, -0.05) is 6.42 Å². The zero-order chi connectivity index (χ0) is 13.9. The first kappa shape index (κ1) is 14.4. The summed E-state index contributed by atoms with van der Waals surface area (Å²) in [6, 6.07) is 5.11. The van der Waals surface area contributed by atoms with Gasteiger partial charge in [-0.15, -0.1) is 0 Å². The van der Waals surface area contributed by atoms with Gasteiger partial charge in [0, 0.05) is 12.6 Å². The summed E-state index contributed by atoms with van der Waals surface area (Å²) in [5.74, 6) is -0.439. The molecule has 0 radical (unpaired) electrons. The van der Waals surface area contributed by atoms with Crippen LogP contribution in [0.4, 0.5) is 4.39 Å². The Morgan fingerprint density at radius 1 is 1.32 bits per heavy atom. The van der Waals surface area contributed by atoms with Crippen molar-refractivity contribution >= 4 is 10.0 Å². The van der Waals surface area contributed by atoms with Crippen molar-refractivity contribution in [3.63, 3.8) is 0 Å². The quantitative estimate of drug-likeness (QED) is 0.914. The number of nitrogens with one attached hydrogen (secondary N) is 1. The summed E-state index contributed by atoms with van der Waals surface area (Å²) < 4.78 is 39.5. The van der Waals surface area contributed by atoms with Gasteiger partial charge < -0.3 is 4.90 Å². The van der Waals surface area contributed by atoms with E-state index in [0.717, 1.165) is 37.9 Å². The summed E-state index contributed by atoms with van der Waals surface area (Å²) in [4.78, 5) is 2.28. The first-order valence-corrected chi connectivity index (χ1v) is 7.93. The van der Waals surface area contributed by atoms with E-state index >= 15 is 0 Å². The van der Waals surface area contributed by atoms with E-state index in [1.165, 1.54) is 12.1 Å². The topological polar surface area (TPSA) is 49.4 Å². The van der Waals surface area contributed by atoms with Crippen LogP contribution in [-0.2, 0) is 10.0 Å². The molecule has 1 saturated heterocycles. The molecule has 1 unspecified atom stereocenters. The Hall–Kier alpha value is -0.980. The molecule has 1 fully saturated rings. The zero-order valence-electron chi connectivity index (χ0n) is 11.0. The summed E-state index contributed by atoms with van der Waals surface area (Å²) in [6.45, 7) is 1.40. The lowest BCUT2D eigenvalue weighted by Crippen LogP contribution is -2.44. The summed E-state index contributed by atoms with van der Waals surface area (Å²) in [6.07, 6.45) is 3.30. The molecule has 0 amide bonds. The lowest BCUT2D eigenvalue weighted by atomic mass is 10.0. The van der Waals surface area contributed by atoms with Crippen molar-refractivity contribution in [3.8, 4) is 0 Å². The van der Waals surface area contributed by atoms with Crippen LogP contribution in [0.1, 0.15) is 19.3 Å². The molecule has 0 bridgehead atoms. The molecule has 1 heterocycles. The van der Waals surface area contributed by atoms with Gasteiger partial charge in [-0.3, -0.25) is 0 Å². The Morgan fingerprint density at radius 3 is 2.63 bits per heavy atom. The standard InChI is InChI=1S/C13H19FN2O2S/c1-16-9-3-2-4-12(16)10-15-19(17,18)13-7-5-11(14)6-8-13/h5-8,12,15H,2-4,9-10H2,1H3. The summed E-state index contributed by atoms with van der Waals surface area (Å²) in [7, 11) is -1.53. The molecule has 4 nitrogen and oxygen atoms in total. The average Bonchev–Trinajstić information content (AvgIpc) is 2.38. The van der Waals surface area contributed by atoms with Crippen molar-refractivity contribution in [1.29, 1.82) is 0 Å². The molecule has 1 atom stereocenters. The van der Waals surface area contributed by atoms with Crippen molar-refractivity contribution in [1.82, 2.24) is 9.62 Å². The van der Waals surface area contributed by atoms with Crippen LogP contribution in [0.3, 0.4) is 0 Å². The monoisotopic (exact) mass is 286 g/mol. The maximum atomic E-state index is 12.8. The summed E-state index contributed by atoms with van der Waals surface area (Å²) >= 11 is 0. The molecule has 2 rings (SSSR count). The average molecular weight is 286 g/mol. The molecule has 0 saturated carbocycles. The largest absolute Gasteiger partial charge is 0.302 e. The number of rotatable bonds is 4. The van der Waals surface area contributed by atoms with Crippen LogP contribution in [0.25, 0.3) is 0 Å². The van der Waals surface area contributed by atoms with E-state index in [2.05, 4.69) is 9.62 Å². The highest BCUT2D eigenvalue weighted by Gasteiger charge is 2.21. The highest BCUT2D eigenvalue weighted by atomic mass is 32.2. The molecule has 0 aromatic heterocycles. The van der Waals surface area contributed by atoms with Crippen LogP contribution in [-0.4, -0.2) is 39.5 Å². The normalized spacial score (nSPS) is 21.5. The van der Waals surface area contributed by atoms with Crippen LogP contribution >= 0.6 is 0 Å². The number of piperidine rings is 1. The molecular weight excluding hydrogens is 267 g/mol. The molecular formula is C13H19FN2O2S. The fourth-order valence-corrected chi connectivity index (χ4v) is 3.38. The van der Waals surface area contributed by atoms with Gasteiger partial charge >= 0.3 is 0 Å². The fraction of sp³-hybridized carbons (Fsp3) is 0.538. The molecule has 106 valence electrons. The number of benzene rings is 1. The smallest absolute Gasteiger partial charge is 0.240 e. The van der Waals surface area contributed by atoms with Gasteiger partial charge in [0.25, 0.3) is 0 Å². The first-order chi connectivity index (χ1) is 8.99.